The summed E-state index contributed by atoms with van der Waals surface area (Å²) in [5, 5.41) is 4.20. The quantitative estimate of drug-likeness (QED) is 0.686. The third-order valence-electron chi connectivity index (χ3n) is 5.30. The molecule has 1 N–H and O–H groups in total. The summed E-state index contributed by atoms with van der Waals surface area (Å²) < 4.78 is 22.0. The van der Waals surface area contributed by atoms with Crippen LogP contribution in [0.25, 0.3) is 0 Å². The highest BCUT2D eigenvalue weighted by atomic mass is 32.1. The Balaban J connectivity index is 1.50. The zero-order valence-electron chi connectivity index (χ0n) is 17.0. The predicted molar refractivity (Wildman–Crippen MR) is 113 cm³/mol. The molecule has 28 heavy (non-hydrogen) atoms. The van der Waals surface area contributed by atoms with Crippen LogP contribution >= 0.6 is 12.2 Å². The molecule has 8 heteroatoms. The van der Waals surface area contributed by atoms with Gasteiger partial charge in [-0.2, -0.15) is 0 Å². The first-order chi connectivity index (χ1) is 13.6. The van der Waals surface area contributed by atoms with E-state index in [0.29, 0.717) is 23.4 Å². The zero-order chi connectivity index (χ0) is 19.9. The van der Waals surface area contributed by atoms with Crippen molar-refractivity contribution in [3.05, 3.63) is 17.7 Å². The maximum Gasteiger partial charge on any atom is 0.203 e. The van der Waals surface area contributed by atoms with Crippen LogP contribution in [0.2, 0.25) is 0 Å². The molecule has 2 fully saturated rings. The van der Waals surface area contributed by atoms with Crippen molar-refractivity contribution in [2.45, 2.75) is 25.5 Å². The number of ether oxygens (including phenoxy) is 4. The predicted octanol–water partition coefficient (Wildman–Crippen LogP) is 1.88. The molecule has 1 aromatic carbocycles. The molecule has 1 aromatic rings. The van der Waals surface area contributed by atoms with Gasteiger partial charge in [-0.25, -0.2) is 0 Å². The largest absolute Gasteiger partial charge is 0.493 e. The normalized spacial score (nSPS) is 20.1. The van der Waals surface area contributed by atoms with Gasteiger partial charge in [0.05, 0.1) is 27.4 Å². The highest BCUT2D eigenvalue weighted by Gasteiger charge is 2.22. The van der Waals surface area contributed by atoms with Gasteiger partial charge in [-0.3, -0.25) is 4.90 Å². The van der Waals surface area contributed by atoms with Crippen molar-refractivity contribution in [3.63, 3.8) is 0 Å². The highest BCUT2D eigenvalue weighted by Crippen LogP contribution is 2.38. The second-order valence-electron chi connectivity index (χ2n) is 7.12. The molecular formula is C20H31N3O4S. The number of hydrogen-bond acceptors (Lipinski definition) is 6. The van der Waals surface area contributed by atoms with Gasteiger partial charge in [0.15, 0.2) is 16.6 Å². The van der Waals surface area contributed by atoms with E-state index in [4.69, 9.17) is 31.2 Å². The number of piperazine rings is 1. The van der Waals surface area contributed by atoms with Gasteiger partial charge in [-0.05, 0) is 42.8 Å². The van der Waals surface area contributed by atoms with Gasteiger partial charge < -0.3 is 29.2 Å². The van der Waals surface area contributed by atoms with E-state index in [0.717, 1.165) is 69.4 Å². The number of nitrogens with zero attached hydrogens (tertiary/aromatic N) is 2. The molecule has 2 aliphatic heterocycles. The smallest absolute Gasteiger partial charge is 0.203 e. The van der Waals surface area contributed by atoms with Crippen molar-refractivity contribution in [3.8, 4) is 17.2 Å². The van der Waals surface area contributed by atoms with Crippen LogP contribution in [0.4, 0.5) is 0 Å². The maximum absolute atomic E-state index is 5.65. The van der Waals surface area contributed by atoms with E-state index in [1.807, 2.05) is 12.1 Å². The third kappa shape index (κ3) is 5.18. The lowest BCUT2D eigenvalue weighted by Gasteiger charge is -2.36. The Kier molecular flexibility index (Phi) is 7.58. The minimum absolute atomic E-state index is 0.305. The lowest BCUT2D eigenvalue weighted by Crippen LogP contribution is -2.52. The van der Waals surface area contributed by atoms with E-state index in [9.17, 15) is 0 Å². The standard InChI is InChI=1S/C20H31N3O4S/c1-24-17-11-15(12-18(25-2)19(17)26-3)14-22-6-8-23(9-7-22)20(28)21-13-16-5-4-10-27-16/h11-12,16H,4-10,13-14H2,1-3H3,(H,21,28). The van der Waals surface area contributed by atoms with E-state index < -0.39 is 0 Å². The van der Waals surface area contributed by atoms with Gasteiger partial charge in [-0.15, -0.1) is 0 Å². The number of methoxy groups -OCH3 is 3. The van der Waals surface area contributed by atoms with Crippen LogP contribution in [-0.4, -0.2) is 81.7 Å². The van der Waals surface area contributed by atoms with Gasteiger partial charge >= 0.3 is 0 Å². The average molecular weight is 410 g/mol. The molecule has 2 aliphatic rings. The molecule has 0 spiro atoms. The summed E-state index contributed by atoms with van der Waals surface area (Å²) in [7, 11) is 4.91. The zero-order valence-corrected chi connectivity index (χ0v) is 17.8. The Labute approximate surface area is 172 Å². The van der Waals surface area contributed by atoms with Crippen molar-refractivity contribution in [1.29, 1.82) is 0 Å². The minimum atomic E-state index is 0.305. The number of rotatable bonds is 7. The Morgan fingerprint density at radius 3 is 2.32 bits per heavy atom. The Morgan fingerprint density at radius 2 is 1.79 bits per heavy atom. The van der Waals surface area contributed by atoms with E-state index in [1.165, 1.54) is 0 Å². The van der Waals surface area contributed by atoms with Crippen molar-refractivity contribution >= 4 is 17.3 Å². The van der Waals surface area contributed by atoms with Crippen LogP contribution in [-0.2, 0) is 11.3 Å². The van der Waals surface area contributed by atoms with Crippen LogP contribution in [0, 0.1) is 0 Å². The molecule has 1 unspecified atom stereocenters. The molecule has 156 valence electrons. The second kappa shape index (κ2) is 10.1. The Bertz CT molecular complexity index is 634. The van der Waals surface area contributed by atoms with Gasteiger partial charge in [0, 0.05) is 45.9 Å². The van der Waals surface area contributed by atoms with Crippen LogP contribution in [0.1, 0.15) is 18.4 Å². The third-order valence-corrected chi connectivity index (χ3v) is 5.70. The molecule has 3 rings (SSSR count). The highest BCUT2D eigenvalue weighted by molar-refractivity contribution is 7.80. The summed E-state index contributed by atoms with van der Waals surface area (Å²) in [5.74, 6) is 2.01. The van der Waals surface area contributed by atoms with Crippen LogP contribution in [0.5, 0.6) is 17.2 Å². The molecule has 2 heterocycles. The molecule has 0 bridgehead atoms. The fraction of sp³-hybridized carbons (Fsp3) is 0.650. The molecule has 7 nitrogen and oxygen atoms in total. The van der Waals surface area contributed by atoms with E-state index >= 15 is 0 Å². The van der Waals surface area contributed by atoms with Gasteiger partial charge in [0.2, 0.25) is 5.75 Å². The molecule has 0 amide bonds. The topological polar surface area (TPSA) is 55.4 Å². The van der Waals surface area contributed by atoms with Crippen molar-refractivity contribution in [2.75, 3.05) is 60.7 Å². The Hall–Kier alpha value is -1.77. The average Bonchev–Trinajstić information content (AvgIpc) is 3.25. The molecule has 0 aromatic heterocycles. The van der Waals surface area contributed by atoms with Crippen molar-refractivity contribution in [1.82, 2.24) is 15.1 Å². The summed E-state index contributed by atoms with van der Waals surface area (Å²) in [6.07, 6.45) is 2.58. The molecule has 0 radical (unpaired) electrons. The summed E-state index contributed by atoms with van der Waals surface area (Å²) in [5.41, 5.74) is 1.14. The fourth-order valence-corrected chi connectivity index (χ4v) is 3.98. The van der Waals surface area contributed by atoms with Crippen molar-refractivity contribution < 1.29 is 18.9 Å². The summed E-state index contributed by atoms with van der Waals surface area (Å²) >= 11 is 5.56. The summed E-state index contributed by atoms with van der Waals surface area (Å²) in [6, 6.07) is 4.03. The van der Waals surface area contributed by atoms with Crippen LogP contribution < -0.4 is 19.5 Å². The summed E-state index contributed by atoms with van der Waals surface area (Å²) in [6.45, 7) is 6.27. The number of thiocarbonyl (C=S) groups is 1. The fourth-order valence-electron chi connectivity index (χ4n) is 3.71. The van der Waals surface area contributed by atoms with Gasteiger partial charge in [0.1, 0.15) is 0 Å². The van der Waals surface area contributed by atoms with Crippen LogP contribution in [0.15, 0.2) is 12.1 Å². The molecule has 1 atom stereocenters. The number of nitrogens with one attached hydrogen (secondary N) is 1. The van der Waals surface area contributed by atoms with Gasteiger partial charge in [0.25, 0.3) is 0 Å². The maximum atomic E-state index is 5.65. The van der Waals surface area contributed by atoms with E-state index in [2.05, 4.69) is 15.1 Å². The number of benzene rings is 1. The Morgan fingerprint density at radius 1 is 1.11 bits per heavy atom. The van der Waals surface area contributed by atoms with Crippen LogP contribution in [0.3, 0.4) is 0 Å². The monoisotopic (exact) mass is 409 g/mol. The molecule has 2 saturated heterocycles. The van der Waals surface area contributed by atoms with E-state index in [1.54, 1.807) is 21.3 Å². The lowest BCUT2D eigenvalue weighted by molar-refractivity contribution is 0.112. The first-order valence-electron chi connectivity index (χ1n) is 9.80. The van der Waals surface area contributed by atoms with E-state index in [-0.39, 0.29) is 0 Å². The lowest BCUT2D eigenvalue weighted by atomic mass is 10.1. The molecule has 0 saturated carbocycles. The second-order valence-corrected chi connectivity index (χ2v) is 7.50. The molecular weight excluding hydrogens is 378 g/mol. The SMILES string of the molecule is COc1cc(CN2CCN(C(=S)NCC3CCCO3)CC2)cc(OC)c1OC. The van der Waals surface area contributed by atoms with Gasteiger partial charge in [-0.1, -0.05) is 0 Å². The molecule has 0 aliphatic carbocycles. The first kappa shape index (κ1) is 21.0. The number of hydrogen-bond donors (Lipinski definition) is 1. The minimum Gasteiger partial charge on any atom is -0.493 e. The summed E-state index contributed by atoms with van der Waals surface area (Å²) in [4.78, 5) is 4.66. The van der Waals surface area contributed by atoms with Crippen molar-refractivity contribution in [2.24, 2.45) is 0 Å². The first-order valence-corrected chi connectivity index (χ1v) is 10.2.